The van der Waals surface area contributed by atoms with Crippen molar-refractivity contribution in [3.8, 4) is 11.3 Å². The monoisotopic (exact) mass is 188 g/mol. The van der Waals surface area contributed by atoms with Gasteiger partial charge in [-0.05, 0) is 30.8 Å². The maximum absolute atomic E-state index is 5.47. The Bertz CT molecular complexity index is 395. The second kappa shape index (κ2) is 4.07. The van der Waals surface area contributed by atoms with Gasteiger partial charge in [0.1, 0.15) is 5.76 Å². The summed E-state index contributed by atoms with van der Waals surface area (Å²) in [6.07, 6.45) is 4.25. The Hall–Kier alpha value is -1.61. The van der Waals surface area contributed by atoms with Crippen molar-refractivity contribution in [3.05, 3.63) is 42.4 Å². The van der Waals surface area contributed by atoms with Crippen LogP contribution in [0.5, 0.6) is 0 Å². The fraction of sp³-hybridized carbons (Fsp3) is 0.182. The van der Waals surface area contributed by atoms with Gasteiger partial charge in [-0.1, -0.05) is 0 Å². The molecule has 0 aliphatic carbocycles. The molecule has 0 saturated heterocycles. The van der Waals surface area contributed by atoms with Gasteiger partial charge in [0.2, 0.25) is 0 Å². The molecule has 2 aromatic heterocycles. The minimum atomic E-state index is 0.620. The van der Waals surface area contributed by atoms with E-state index in [9.17, 15) is 0 Å². The van der Waals surface area contributed by atoms with Gasteiger partial charge in [0.15, 0.2) is 0 Å². The van der Waals surface area contributed by atoms with Crippen molar-refractivity contribution in [2.75, 3.05) is 6.54 Å². The number of nitrogens with two attached hydrogens (primary N) is 1. The van der Waals surface area contributed by atoms with Crippen LogP contribution in [0.4, 0.5) is 0 Å². The highest BCUT2D eigenvalue weighted by atomic mass is 16.3. The third kappa shape index (κ3) is 1.83. The number of aromatic nitrogens is 1. The molecule has 0 aromatic carbocycles. The molecule has 3 nitrogen and oxygen atoms in total. The van der Waals surface area contributed by atoms with Gasteiger partial charge in [0.05, 0.1) is 6.26 Å². The summed E-state index contributed by atoms with van der Waals surface area (Å²) in [6, 6.07) is 7.74. The van der Waals surface area contributed by atoms with Crippen molar-refractivity contribution in [1.82, 2.24) is 4.98 Å². The Morgan fingerprint density at radius 2 is 2.29 bits per heavy atom. The summed E-state index contributed by atoms with van der Waals surface area (Å²) in [6.45, 7) is 0.620. The Morgan fingerprint density at radius 3 is 3.00 bits per heavy atom. The highest BCUT2D eigenvalue weighted by molar-refractivity contribution is 5.56. The van der Waals surface area contributed by atoms with Crippen LogP contribution in [0.3, 0.4) is 0 Å². The number of furan rings is 1. The Balaban J connectivity index is 2.31. The molecule has 14 heavy (non-hydrogen) atoms. The van der Waals surface area contributed by atoms with Gasteiger partial charge in [0, 0.05) is 23.9 Å². The molecule has 2 heterocycles. The lowest BCUT2D eigenvalue weighted by atomic mass is 10.1. The van der Waals surface area contributed by atoms with Crippen LogP contribution in [-0.4, -0.2) is 11.5 Å². The smallest absolute Gasteiger partial charge is 0.133 e. The van der Waals surface area contributed by atoms with E-state index < -0.39 is 0 Å². The fourth-order valence-corrected chi connectivity index (χ4v) is 1.36. The number of rotatable bonds is 3. The van der Waals surface area contributed by atoms with Crippen molar-refractivity contribution in [2.24, 2.45) is 5.73 Å². The minimum Gasteiger partial charge on any atom is -0.464 e. The van der Waals surface area contributed by atoms with Crippen LogP contribution >= 0.6 is 0 Å². The number of hydrogen-bond donors (Lipinski definition) is 1. The van der Waals surface area contributed by atoms with E-state index in [0.29, 0.717) is 6.54 Å². The first kappa shape index (κ1) is 8.97. The average molecular weight is 188 g/mol. The summed E-state index contributed by atoms with van der Waals surface area (Å²) in [5.41, 5.74) is 7.52. The zero-order chi connectivity index (χ0) is 9.80. The van der Waals surface area contributed by atoms with Crippen LogP contribution < -0.4 is 5.73 Å². The average Bonchev–Trinajstić information content (AvgIpc) is 2.71. The summed E-state index contributed by atoms with van der Waals surface area (Å²) in [5.74, 6) is 0.866. The molecule has 0 amide bonds. The van der Waals surface area contributed by atoms with Gasteiger partial charge >= 0.3 is 0 Å². The predicted molar refractivity (Wildman–Crippen MR) is 54.7 cm³/mol. The third-order valence-corrected chi connectivity index (χ3v) is 2.02. The Labute approximate surface area is 82.6 Å². The summed E-state index contributed by atoms with van der Waals surface area (Å²) in [5, 5.41) is 0. The molecule has 0 bridgehead atoms. The third-order valence-electron chi connectivity index (χ3n) is 2.02. The quantitative estimate of drug-likeness (QED) is 0.799. The highest BCUT2D eigenvalue weighted by Gasteiger charge is 2.01. The molecule has 0 fully saturated rings. The molecule has 0 radical (unpaired) electrons. The summed E-state index contributed by atoms with van der Waals surface area (Å²) >= 11 is 0. The number of hydrogen-bond acceptors (Lipinski definition) is 3. The van der Waals surface area contributed by atoms with Gasteiger partial charge in [0.25, 0.3) is 0 Å². The van der Waals surface area contributed by atoms with Crippen LogP contribution in [0.2, 0.25) is 0 Å². The lowest BCUT2D eigenvalue weighted by Gasteiger charge is -2.00. The lowest BCUT2D eigenvalue weighted by Crippen LogP contribution is -2.04. The summed E-state index contributed by atoms with van der Waals surface area (Å²) < 4.78 is 5.29. The molecule has 2 rings (SSSR count). The maximum Gasteiger partial charge on any atom is 0.133 e. The topological polar surface area (TPSA) is 52.0 Å². The van der Waals surface area contributed by atoms with E-state index in [1.165, 1.54) is 0 Å². The first-order chi connectivity index (χ1) is 6.90. The fourth-order valence-electron chi connectivity index (χ4n) is 1.36. The highest BCUT2D eigenvalue weighted by Crippen LogP contribution is 2.19. The number of pyridine rings is 1. The van der Waals surface area contributed by atoms with Crippen molar-refractivity contribution >= 4 is 0 Å². The molecule has 72 valence electrons. The number of nitrogens with zero attached hydrogens (tertiary/aromatic N) is 1. The molecule has 2 N–H and O–H groups in total. The molecule has 2 aromatic rings. The lowest BCUT2D eigenvalue weighted by molar-refractivity contribution is 0.582. The largest absolute Gasteiger partial charge is 0.464 e. The van der Waals surface area contributed by atoms with Crippen LogP contribution in [0.15, 0.2) is 41.1 Å². The van der Waals surface area contributed by atoms with Crippen molar-refractivity contribution in [2.45, 2.75) is 6.42 Å². The molecule has 3 heteroatoms. The van der Waals surface area contributed by atoms with E-state index in [1.54, 1.807) is 12.5 Å². The second-order valence-corrected chi connectivity index (χ2v) is 3.05. The molecule has 0 atom stereocenters. The van der Waals surface area contributed by atoms with Crippen LogP contribution in [-0.2, 0) is 6.42 Å². The summed E-state index contributed by atoms with van der Waals surface area (Å²) in [4.78, 5) is 4.22. The van der Waals surface area contributed by atoms with E-state index in [1.807, 2.05) is 24.3 Å². The van der Waals surface area contributed by atoms with Crippen molar-refractivity contribution in [3.63, 3.8) is 0 Å². The molecule has 0 unspecified atom stereocenters. The zero-order valence-corrected chi connectivity index (χ0v) is 7.81. The first-order valence-electron chi connectivity index (χ1n) is 4.59. The molecule has 0 aliphatic rings. The van der Waals surface area contributed by atoms with E-state index >= 15 is 0 Å². The second-order valence-electron chi connectivity index (χ2n) is 3.05. The van der Waals surface area contributed by atoms with E-state index in [4.69, 9.17) is 10.2 Å². The Kier molecular flexibility index (Phi) is 2.60. The minimum absolute atomic E-state index is 0.620. The zero-order valence-electron chi connectivity index (χ0n) is 7.81. The van der Waals surface area contributed by atoms with Gasteiger partial charge < -0.3 is 10.2 Å². The van der Waals surface area contributed by atoms with Crippen LogP contribution in [0, 0.1) is 0 Å². The SMILES string of the molecule is NCCc1cc(-c2ccco2)ccn1. The predicted octanol–water partition coefficient (Wildman–Crippen LogP) is 1.84. The van der Waals surface area contributed by atoms with Gasteiger partial charge in [-0.2, -0.15) is 0 Å². The van der Waals surface area contributed by atoms with Crippen molar-refractivity contribution in [1.29, 1.82) is 0 Å². The van der Waals surface area contributed by atoms with Crippen molar-refractivity contribution < 1.29 is 4.42 Å². The van der Waals surface area contributed by atoms with Gasteiger partial charge in [-0.25, -0.2) is 0 Å². The molecule has 0 saturated carbocycles. The van der Waals surface area contributed by atoms with E-state index in [2.05, 4.69) is 4.98 Å². The molecular formula is C11H12N2O. The molecule has 0 spiro atoms. The van der Waals surface area contributed by atoms with Gasteiger partial charge in [-0.15, -0.1) is 0 Å². The summed E-state index contributed by atoms with van der Waals surface area (Å²) in [7, 11) is 0. The first-order valence-corrected chi connectivity index (χ1v) is 4.59. The molecular weight excluding hydrogens is 176 g/mol. The molecule has 0 aliphatic heterocycles. The standard InChI is InChI=1S/C11H12N2O/c12-5-3-10-8-9(4-6-13-10)11-2-1-7-14-11/h1-2,4,6-8H,3,5,12H2. The maximum atomic E-state index is 5.47. The van der Waals surface area contributed by atoms with Crippen LogP contribution in [0.1, 0.15) is 5.69 Å². The van der Waals surface area contributed by atoms with Crippen LogP contribution in [0.25, 0.3) is 11.3 Å². The Morgan fingerprint density at radius 1 is 1.36 bits per heavy atom. The van der Waals surface area contributed by atoms with E-state index in [-0.39, 0.29) is 0 Å². The van der Waals surface area contributed by atoms with Gasteiger partial charge in [-0.3, -0.25) is 4.98 Å². The van der Waals surface area contributed by atoms with E-state index in [0.717, 1.165) is 23.4 Å². The normalized spacial score (nSPS) is 10.4.